The van der Waals surface area contributed by atoms with Crippen molar-refractivity contribution in [2.45, 2.75) is 39.3 Å². The van der Waals surface area contributed by atoms with Crippen LogP contribution in [0.2, 0.25) is 5.02 Å². The maximum Gasteiger partial charge on any atom is 0.328 e. The van der Waals surface area contributed by atoms with E-state index in [2.05, 4.69) is 24.1 Å². The highest BCUT2D eigenvalue weighted by Gasteiger charge is 2.23. The van der Waals surface area contributed by atoms with Crippen molar-refractivity contribution in [1.29, 1.82) is 0 Å². The third kappa shape index (κ3) is 9.30. The second-order valence-electron chi connectivity index (χ2n) is 7.03. The van der Waals surface area contributed by atoms with Crippen LogP contribution < -0.4 is 5.32 Å². The van der Waals surface area contributed by atoms with Gasteiger partial charge in [-0.25, -0.2) is 14.0 Å². The molecule has 1 aliphatic heterocycles. The maximum atomic E-state index is 14.1. The first kappa shape index (κ1) is 24.1. The monoisotopic (exact) mass is 414 g/mol. The Morgan fingerprint density at radius 1 is 1.25 bits per heavy atom. The van der Waals surface area contributed by atoms with Crippen LogP contribution in [0.1, 0.15) is 32.3 Å². The highest BCUT2D eigenvalue weighted by molar-refractivity contribution is 6.30. The molecule has 1 saturated heterocycles. The number of rotatable bonds is 7. The average Bonchev–Trinajstić information content (AvgIpc) is 2.64. The highest BCUT2D eigenvalue weighted by atomic mass is 35.5. The molecule has 0 spiro atoms. The van der Waals surface area contributed by atoms with Gasteiger partial charge in [0, 0.05) is 36.8 Å². The molecule has 28 heavy (non-hydrogen) atoms. The van der Waals surface area contributed by atoms with Gasteiger partial charge in [0.2, 0.25) is 0 Å². The van der Waals surface area contributed by atoms with Gasteiger partial charge in [-0.15, -0.1) is 0 Å². The first-order valence-electron chi connectivity index (χ1n) is 9.22. The van der Waals surface area contributed by atoms with Crippen LogP contribution in [-0.2, 0) is 16.1 Å². The molecule has 0 amide bonds. The van der Waals surface area contributed by atoms with E-state index in [4.69, 9.17) is 21.8 Å². The summed E-state index contributed by atoms with van der Waals surface area (Å²) in [5, 5.41) is 19.2. The number of piperidine rings is 1. The van der Waals surface area contributed by atoms with Gasteiger partial charge in [0.15, 0.2) is 0 Å². The van der Waals surface area contributed by atoms with Gasteiger partial charge in [0.05, 0.1) is 5.02 Å². The minimum absolute atomic E-state index is 0.220. The third-order valence-corrected chi connectivity index (χ3v) is 4.49. The summed E-state index contributed by atoms with van der Waals surface area (Å²) in [5.41, 5.74) is 0.705. The fourth-order valence-corrected chi connectivity index (χ4v) is 3.21. The molecule has 0 unspecified atom stereocenters. The molecule has 3 N–H and O–H groups in total. The SMILES string of the molecule is CC(C)CN(Cc1cccc(Cl)c1F)C1CCNCC1.O=C(O)/C=C/C(=O)O. The number of benzene rings is 1. The first-order chi connectivity index (χ1) is 13.2. The molecular formula is C20H28ClFN2O4. The van der Waals surface area contributed by atoms with E-state index < -0.39 is 11.9 Å². The zero-order valence-electron chi connectivity index (χ0n) is 16.2. The molecule has 0 bridgehead atoms. The third-order valence-electron chi connectivity index (χ3n) is 4.20. The fraction of sp³-hybridized carbons (Fsp3) is 0.500. The minimum atomic E-state index is -1.26. The van der Waals surface area contributed by atoms with E-state index in [1.54, 1.807) is 6.07 Å². The number of hydrogen-bond acceptors (Lipinski definition) is 4. The molecule has 0 atom stereocenters. The first-order valence-corrected chi connectivity index (χ1v) is 9.60. The van der Waals surface area contributed by atoms with E-state index in [-0.39, 0.29) is 10.8 Å². The van der Waals surface area contributed by atoms with Gasteiger partial charge in [-0.2, -0.15) is 0 Å². The topological polar surface area (TPSA) is 89.9 Å². The van der Waals surface area contributed by atoms with Gasteiger partial charge in [-0.1, -0.05) is 37.6 Å². The van der Waals surface area contributed by atoms with Gasteiger partial charge >= 0.3 is 11.9 Å². The molecule has 6 nitrogen and oxygen atoms in total. The van der Waals surface area contributed by atoms with Gasteiger partial charge in [-0.05, 0) is 37.9 Å². The largest absolute Gasteiger partial charge is 0.478 e. The number of aliphatic carboxylic acids is 2. The summed E-state index contributed by atoms with van der Waals surface area (Å²) in [5.74, 6) is -2.20. The van der Waals surface area contributed by atoms with E-state index in [1.807, 2.05) is 12.1 Å². The molecule has 1 aliphatic rings. The molecule has 1 fully saturated rings. The number of hydrogen-bond donors (Lipinski definition) is 3. The Balaban J connectivity index is 0.000000416. The van der Waals surface area contributed by atoms with E-state index in [0.29, 0.717) is 36.2 Å². The lowest BCUT2D eigenvalue weighted by molar-refractivity contribution is -0.134. The smallest absolute Gasteiger partial charge is 0.328 e. The van der Waals surface area contributed by atoms with Crippen LogP contribution in [0.25, 0.3) is 0 Å². The number of carboxylic acid groups (broad SMARTS) is 2. The Morgan fingerprint density at radius 3 is 2.32 bits per heavy atom. The normalized spacial score (nSPS) is 14.9. The predicted molar refractivity (Wildman–Crippen MR) is 107 cm³/mol. The van der Waals surface area contributed by atoms with Crippen molar-refractivity contribution in [3.63, 3.8) is 0 Å². The van der Waals surface area contributed by atoms with Crippen molar-refractivity contribution in [3.05, 3.63) is 46.8 Å². The predicted octanol–water partition coefficient (Wildman–Crippen LogP) is 3.40. The van der Waals surface area contributed by atoms with Gasteiger partial charge < -0.3 is 15.5 Å². The Morgan fingerprint density at radius 2 is 1.82 bits per heavy atom. The van der Waals surface area contributed by atoms with Gasteiger partial charge in [0.25, 0.3) is 0 Å². The van der Waals surface area contributed by atoms with Crippen LogP contribution in [0.3, 0.4) is 0 Å². The van der Waals surface area contributed by atoms with E-state index in [1.165, 1.54) is 0 Å². The average molecular weight is 415 g/mol. The number of carbonyl (C=O) groups is 2. The second-order valence-corrected chi connectivity index (χ2v) is 7.43. The lowest BCUT2D eigenvalue weighted by atomic mass is 10.0. The van der Waals surface area contributed by atoms with Gasteiger partial charge in [0.1, 0.15) is 5.82 Å². The Labute approximate surface area is 170 Å². The lowest BCUT2D eigenvalue weighted by Gasteiger charge is -2.36. The van der Waals surface area contributed by atoms with Crippen LogP contribution >= 0.6 is 11.6 Å². The summed E-state index contributed by atoms with van der Waals surface area (Å²) >= 11 is 5.89. The maximum absolute atomic E-state index is 14.1. The summed E-state index contributed by atoms with van der Waals surface area (Å²) in [4.78, 5) is 21.5. The molecule has 0 aliphatic carbocycles. The summed E-state index contributed by atoms with van der Waals surface area (Å²) in [7, 11) is 0. The standard InChI is InChI=1S/C16H24ClFN2.C4H4O4/c1-12(2)10-20(14-6-8-19-9-7-14)11-13-4-3-5-15(17)16(13)18;5-3(6)1-2-4(7)8/h3-5,12,14,19H,6-11H2,1-2H3;1-2H,(H,5,6)(H,7,8)/b;2-1+. The summed E-state index contributed by atoms with van der Waals surface area (Å²) < 4.78 is 14.1. The Kier molecular flexibility index (Phi) is 10.7. The van der Waals surface area contributed by atoms with Crippen LogP contribution in [0.15, 0.2) is 30.4 Å². The van der Waals surface area contributed by atoms with E-state index in [0.717, 1.165) is 32.5 Å². The number of nitrogens with one attached hydrogen (secondary N) is 1. The molecular weight excluding hydrogens is 387 g/mol. The molecule has 1 aromatic rings. The van der Waals surface area contributed by atoms with Crippen molar-refractivity contribution in [2.24, 2.45) is 5.92 Å². The highest BCUT2D eigenvalue weighted by Crippen LogP contribution is 2.22. The summed E-state index contributed by atoms with van der Waals surface area (Å²) in [6.45, 7) is 8.17. The molecule has 2 rings (SSSR count). The van der Waals surface area contributed by atoms with Crippen molar-refractivity contribution in [2.75, 3.05) is 19.6 Å². The lowest BCUT2D eigenvalue weighted by Crippen LogP contribution is -2.44. The number of nitrogens with zero attached hydrogens (tertiary/aromatic N) is 1. The zero-order chi connectivity index (χ0) is 21.1. The summed E-state index contributed by atoms with van der Waals surface area (Å²) in [6.07, 6.45) is 3.38. The quantitative estimate of drug-likeness (QED) is 0.592. The summed E-state index contributed by atoms with van der Waals surface area (Å²) in [6, 6.07) is 5.82. The van der Waals surface area contributed by atoms with Crippen LogP contribution in [-0.4, -0.2) is 52.7 Å². The molecule has 0 aromatic heterocycles. The van der Waals surface area contributed by atoms with Crippen LogP contribution in [0, 0.1) is 11.7 Å². The van der Waals surface area contributed by atoms with Crippen LogP contribution in [0.4, 0.5) is 4.39 Å². The van der Waals surface area contributed by atoms with Crippen LogP contribution in [0.5, 0.6) is 0 Å². The van der Waals surface area contributed by atoms with E-state index in [9.17, 15) is 14.0 Å². The molecule has 0 saturated carbocycles. The van der Waals surface area contributed by atoms with Crippen molar-refractivity contribution < 1.29 is 24.2 Å². The number of halogens is 2. The minimum Gasteiger partial charge on any atom is -0.478 e. The molecule has 8 heteroatoms. The zero-order valence-corrected chi connectivity index (χ0v) is 17.0. The van der Waals surface area contributed by atoms with Crippen molar-refractivity contribution in [1.82, 2.24) is 10.2 Å². The van der Waals surface area contributed by atoms with Gasteiger partial charge in [-0.3, -0.25) is 4.90 Å². The molecule has 1 heterocycles. The second kappa shape index (κ2) is 12.5. The Hall–Kier alpha value is -1.96. The number of carboxylic acids is 2. The molecule has 0 radical (unpaired) electrons. The molecule has 156 valence electrons. The Bertz CT molecular complexity index is 660. The molecule has 1 aromatic carbocycles. The fourth-order valence-electron chi connectivity index (χ4n) is 3.02. The van der Waals surface area contributed by atoms with E-state index >= 15 is 0 Å². The van der Waals surface area contributed by atoms with Crippen molar-refractivity contribution >= 4 is 23.5 Å². The van der Waals surface area contributed by atoms with Crippen molar-refractivity contribution in [3.8, 4) is 0 Å².